The van der Waals surface area contributed by atoms with E-state index in [4.69, 9.17) is 79.2 Å². The Hall–Kier alpha value is -4.05. The van der Waals surface area contributed by atoms with Gasteiger partial charge < -0.3 is 85.6 Å². The van der Waals surface area contributed by atoms with E-state index in [-0.39, 0.29) is 16.8 Å². The average Bonchev–Trinajstić information content (AvgIpc) is 4.02. The number of hydrogen-bond donors (Lipinski definition) is 16. The van der Waals surface area contributed by atoms with Gasteiger partial charge in [0.1, 0.15) is 0 Å². The van der Waals surface area contributed by atoms with Gasteiger partial charge in [-0.05, 0) is 80.0 Å². The standard InChI is InChI=1S/C32H55N8.8CHO2.Co/c1-2-10-18-17(9-1)25-33-26(18)38-28-21-13-5-6-14-22(21)30(35-28)40-32-24-16-8-7-15-23(24)31(36-32)39-29-20-12-4-3-11-19(20)27(34-29)37-25;8*2-1-3;/h9,17-40H,1-8,10-16H2;8*(H,2,3);/q9*-1;. The summed E-state index contributed by atoms with van der Waals surface area (Å²) in [6.07, 6.45) is 26.4. The maximum absolute atomic E-state index is 8.24. The van der Waals surface area contributed by atoms with Gasteiger partial charge in [-0.15, -0.1) is 5.92 Å². The van der Waals surface area contributed by atoms with Crippen LogP contribution in [0.4, 0.5) is 0 Å². The summed E-state index contributed by atoms with van der Waals surface area (Å²) in [5.41, 5.74) is 0. The van der Waals surface area contributed by atoms with Gasteiger partial charge in [-0.1, -0.05) is 103 Å². The molecule has 9 fully saturated rings. The zero-order valence-corrected chi connectivity index (χ0v) is 36.6. The van der Waals surface area contributed by atoms with Crippen LogP contribution in [0.2, 0.25) is 0 Å². The van der Waals surface area contributed by atoms with E-state index >= 15 is 0 Å². The molecular formula is C40H63CoN8O16-9. The van der Waals surface area contributed by atoms with Crippen molar-refractivity contribution in [1.82, 2.24) is 42.5 Å². The summed E-state index contributed by atoms with van der Waals surface area (Å²) < 4.78 is 0. The van der Waals surface area contributed by atoms with Crippen LogP contribution in [-0.2, 0) is 55.1 Å². The van der Waals surface area contributed by atoms with Crippen molar-refractivity contribution in [1.29, 1.82) is 0 Å². The molecule has 4 saturated carbocycles. The second kappa shape index (κ2) is 36.1. The van der Waals surface area contributed by atoms with Gasteiger partial charge in [-0.3, -0.25) is 42.5 Å². The fourth-order valence-corrected chi connectivity index (χ4v) is 11.7. The van der Waals surface area contributed by atoms with Crippen LogP contribution in [0.5, 0.6) is 0 Å². The average molecular weight is 971 g/mol. The zero-order chi connectivity index (χ0) is 47.9. The molecule has 16 atom stereocenters. The maximum atomic E-state index is 8.24. The van der Waals surface area contributed by atoms with Crippen LogP contribution in [0.15, 0.2) is 0 Å². The van der Waals surface area contributed by atoms with Crippen molar-refractivity contribution in [3.63, 3.8) is 0 Å². The first-order valence-electron chi connectivity index (χ1n) is 21.1. The van der Waals surface area contributed by atoms with Gasteiger partial charge in [0.25, 0.3) is 0 Å². The number of nitrogens with one attached hydrogen (secondary N) is 8. The Bertz CT molecular complexity index is 1060. The van der Waals surface area contributed by atoms with E-state index in [0.717, 1.165) is 35.5 Å². The summed E-state index contributed by atoms with van der Waals surface area (Å²) in [4.78, 5) is 65.9. The van der Waals surface area contributed by atoms with Crippen LogP contribution in [0.25, 0.3) is 0 Å². The van der Waals surface area contributed by atoms with Gasteiger partial charge in [0.2, 0.25) is 0 Å². The minimum absolute atomic E-state index is 0. The van der Waals surface area contributed by atoms with Crippen molar-refractivity contribution in [2.24, 2.45) is 47.3 Å². The first-order valence-corrected chi connectivity index (χ1v) is 21.1. The van der Waals surface area contributed by atoms with Gasteiger partial charge in [0, 0.05) is 22.9 Å². The Morgan fingerprint density at radius 2 is 0.462 bits per heavy atom. The summed E-state index contributed by atoms with van der Waals surface area (Å²) in [5.74, 6) is 5.74. The van der Waals surface area contributed by atoms with Crippen molar-refractivity contribution in [3.8, 4) is 0 Å². The Kier molecular flexibility index (Phi) is 33.9. The Balaban J connectivity index is 0.00000139. The molecule has 9 aliphatic rings. The van der Waals surface area contributed by atoms with E-state index in [9.17, 15) is 0 Å². The van der Waals surface area contributed by atoms with E-state index in [2.05, 4.69) is 49.0 Å². The molecule has 65 heavy (non-hydrogen) atoms. The van der Waals surface area contributed by atoms with E-state index in [0.29, 0.717) is 113 Å². The first-order chi connectivity index (χ1) is 31.1. The SMILES string of the molecule is O=[C-]O.O=[C-]O.O=[C-]O.O=[C-]O.O=[C-]O.O=[C-]O.O=[C-]O.O=[C-]O.[CH-]1CCCC2C3NC(NC4NC(NC5NC(NC6NC(N3)C3CCCCC63)C3CCCCC53)C3CCCCC43)C12.[Co]. The molecule has 5 aliphatic heterocycles. The van der Waals surface area contributed by atoms with Crippen molar-refractivity contribution in [2.45, 2.75) is 146 Å². The van der Waals surface area contributed by atoms with Gasteiger partial charge in [-0.2, -0.15) is 6.42 Å². The van der Waals surface area contributed by atoms with Gasteiger partial charge >= 0.3 is 0 Å². The van der Waals surface area contributed by atoms with Crippen LogP contribution in [0.3, 0.4) is 0 Å². The molecule has 4 aliphatic carbocycles. The fourth-order valence-electron chi connectivity index (χ4n) is 11.7. The van der Waals surface area contributed by atoms with Crippen LogP contribution in [0, 0.1) is 53.8 Å². The van der Waals surface area contributed by atoms with Crippen molar-refractivity contribution < 1.29 is 96.0 Å². The number of aliphatic hydroxyl groups excluding tert-OH is 8. The molecule has 16 unspecified atom stereocenters. The van der Waals surface area contributed by atoms with E-state index < -0.39 is 0 Å². The molecular weight excluding hydrogens is 907 g/mol. The quantitative estimate of drug-likeness (QED) is 0.134. The molecule has 0 aromatic heterocycles. The summed E-state index contributed by atoms with van der Waals surface area (Å²) in [5, 5.41) is 87.8. The third-order valence-electron chi connectivity index (χ3n) is 13.6. The number of rotatable bonds is 0. The molecule has 0 spiro atoms. The smallest absolute Gasteiger partial charge is 0.0628 e. The Morgan fingerprint density at radius 1 is 0.292 bits per heavy atom. The third-order valence-corrected chi connectivity index (χ3v) is 13.6. The van der Waals surface area contributed by atoms with Crippen molar-refractivity contribution in [2.75, 3.05) is 0 Å². The minimum atomic E-state index is 0. The molecule has 0 aromatic carbocycles. The van der Waals surface area contributed by atoms with Crippen LogP contribution >= 0.6 is 0 Å². The zero-order valence-electron chi connectivity index (χ0n) is 35.6. The topological polar surface area (TPSA) is 395 Å². The second-order valence-corrected chi connectivity index (χ2v) is 16.1. The fraction of sp³-hybridized carbons (Fsp3) is 0.775. The van der Waals surface area contributed by atoms with Crippen LogP contribution in [0.1, 0.15) is 96.3 Å². The molecule has 5 heterocycles. The second-order valence-electron chi connectivity index (χ2n) is 16.1. The normalized spacial score (nSPS) is 36.9. The Labute approximate surface area is 388 Å². The molecule has 8 bridgehead atoms. The summed E-state index contributed by atoms with van der Waals surface area (Å²) in [6, 6.07) is 0. The van der Waals surface area contributed by atoms with Gasteiger partial charge in [-0.25, -0.2) is 0 Å². The molecule has 0 amide bonds. The number of hydrogen-bond acceptors (Lipinski definition) is 16. The molecule has 25 heteroatoms. The molecule has 16 N–H and O–H groups in total. The predicted molar refractivity (Wildman–Crippen MR) is 223 cm³/mol. The van der Waals surface area contributed by atoms with E-state index in [1.165, 1.54) is 96.3 Å². The molecule has 9 rings (SSSR count). The molecule has 24 nitrogen and oxygen atoms in total. The number of fused-ring (bicyclic) bond motifs is 20. The molecule has 377 valence electrons. The van der Waals surface area contributed by atoms with Gasteiger partial charge in [0.05, 0.1) is 43.2 Å². The minimum Gasteiger partial charge on any atom is -0.665 e. The van der Waals surface area contributed by atoms with E-state index in [1.807, 2.05) is 0 Å². The molecule has 5 saturated heterocycles. The predicted octanol–water partition coefficient (Wildman–Crippen LogP) is -0.690. The summed E-state index contributed by atoms with van der Waals surface area (Å²) in [6.45, 7) is 4.00. The molecule has 1 radical (unpaired) electrons. The molecule has 0 aromatic rings. The van der Waals surface area contributed by atoms with Crippen molar-refractivity contribution in [3.05, 3.63) is 6.42 Å². The summed E-state index contributed by atoms with van der Waals surface area (Å²) in [7, 11) is 0. The van der Waals surface area contributed by atoms with Gasteiger partial charge in [0.15, 0.2) is 0 Å². The Morgan fingerprint density at radius 3 is 0.677 bits per heavy atom. The monoisotopic (exact) mass is 970 g/mol. The van der Waals surface area contributed by atoms with Crippen LogP contribution in [-0.4, -0.2) is 142 Å². The van der Waals surface area contributed by atoms with Crippen molar-refractivity contribution >= 4 is 51.8 Å². The van der Waals surface area contributed by atoms with E-state index in [1.54, 1.807) is 0 Å². The largest absolute Gasteiger partial charge is 0.665 e. The summed E-state index contributed by atoms with van der Waals surface area (Å²) >= 11 is 0. The third kappa shape index (κ3) is 18.6. The van der Waals surface area contributed by atoms with Crippen LogP contribution < -0.4 is 42.5 Å². The maximum Gasteiger partial charge on any atom is 0.0628 e. The first kappa shape index (κ1) is 60.9.